The van der Waals surface area contributed by atoms with E-state index in [0.717, 1.165) is 0 Å². The summed E-state index contributed by atoms with van der Waals surface area (Å²) in [6, 6.07) is 0. The van der Waals surface area contributed by atoms with Crippen LogP contribution in [0.25, 0.3) is 0 Å². The molecule has 0 aromatic carbocycles. The van der Waals surface area contributed by atoms with Crippen LogP contribution >= 0.6 is 55.1 Å². The van der Waals surface area contributed by atoms with Gasteiger partial charge in [-0.25, -0.2) is 0 Å². The fourth-order valence-corrected chi connectivity index (χ4v) is 4.20. The first kappa shape index (κ1) is 8.63. The summed E-state index contributed by atoms with van der Waals surface area (Å²) in [4.78, 5) is 0. The molecule has 0 nitrogen and oxygen atoms in total. The summed E-state index contributed by atoms with van der Waals surface area (Å²) >= 11 is 18.3. The highest BCUT2D eigenvalue weighted by molar-refractivity contribution is 9.25. The molecule has 1 aliphatic rings. The van der Waals surface area contributed by atoms with E-state index in [1.165, 1.54) is 0 Å². The number of halogens is 4. The highest BCUT2D eigenvalue weighted by Gasteiger charge is 2.60. The molecule has 2 unspecified atom stereocenters. The highest BCUT2D eigenvalue weighted by Crippen LogP contribution is 2.62. The summed E-state index contributed by atoms with van der Waals surface area (Å²) in [6.07, 6.45) is 0. The summed E-state index contributed by atoms with van der Waals surface area (Å²) in [7, 11) is 0. The Bertz CT molecular complexity index is 104. The normalized spacial score (nSPS) is 38.7. The lowest BCUT2D eigenvalue weighted by molar-refractivity contribution is 0.848. The first-order chi connectivity index (χ1) is 4.14. The van der Waals surface area contributed by atoms with E-state index >= 15 is 0 Å². The van der Waals surface area contributed by atoms with E-state index in [1.807, 2.05) is 0 Å². The van der Waals surface area contributed by atoms with Gasteiger partial charge in [0.15, 0.2) is 0 Å². The quantitative estimate of drug-likeness (QED) is 0.687. The van der Waals surface area contributed by atoms with Crippen molar-refractivity contribution in [3.05, 3.63) is 0 Å². The Morgan fingerprint density at radius 2 is 1.44 bits per heavy atom. The van der Waals surface area contributed by atoms with Gasteiger partial charge in [-0.3, -0.25) is 0 Å². The second-order valence-corrected chi connectivity index (χ2v) is 6.50. The molecule has 0 spiro atoms. The molecule has 9 heavy (non-hydrogen) atoms. The van der Waals surface area contributed by atoms with Crippen LogP contribution < -0.4 is 0 Å². The molecule has 0 aromatic rings. The maximum Gasteiger partial charge on any atom is 0.0892 e. The molecule has 0 bridgehead atoms. The van der Waals surface area contributed by atoms with Crippen LogP contribution in [0.5, 0.6) is 0 Å². The predicted octanol–water partition coefficient (Wildman–Crippen LogP) is 3.20. The van der Waals surface area contributed by atoms with Crippen molar-refractivity contribution in [2.45, 2.75) is 3.23 Å². The van der Waals surface area contributed by atoms with E-state index in [-0.39, 0.29) is 3.23 Å². The molecule has 0 heterocycles. The average molecular weight is 297 g/mol. The Labute approximate surface area is 81.5 Å². The second kappa shape index (κ2) is 2.88. The largest absolute Gasteiger partial charge is 0.126 e. The molecule has 0 aliphatic heterocycles. The van der Waals surface area contributed by atoms with Crippen molar-refractivity contribution in [1.82, 2.24) is 0 Å². The molecular weight excluding hydrogens is 291 g/mol. The minimum absolute atomic E-state index is 0.0451. The lowest BCUT2D eigenvalue weighted by Gasteiger charge is -1.91. The van der Waals surface area contributed by atoms with Crippen LogP contribution in [0.15, 0.2) is 0 Å². The monoisotopic (exact) mass is 294 g/mol. The van der Waals surface area contributed by atoms with Crippen LogP contribution in [0.1, 0.15) is 0 Å². The third-order valence-electron chi connectivity index (χ3n) is 1.70. The van der Waals surface area contributed by atoms with E-state index in [0.29, 0.717) is 23.6 Å². The number of rotatable bonds is 2. The van der Waals surface area contributed by atoms with Crippen molar-refractivity contribution in [3.63, 3.8) is 0 Å². The van der Waals surface area contributed by atoms with Crippen LogP contribution in [-0.2, 0) is 0 Å². The zero-order valence-corrected chi connectivity index (χ0v) is 9.26. The van der Waals surface area contributed by atoms with Crippen molar-refractivity contribution < 1.29 is 0 Å². The molecule has 0 amide bonds. The van der Waals surface area contributed by atoms with Crippen molar-refractivity contribution >= 4 is 55.1 Å². The highest BCUT2D eigenvalue weighted by atomic mass is 79.9. The van der Waals surface area contributed by atoms with Crippen molar-refractivity contribution in [1.29, 1.82) is 0 Å². The fraction of sp³-hybridized carbons (Fsp3) is 1.00. The Morgan fingerprint density at radius 3 is 1.56 bits per heavy atom. The van der Waals surface area contributed by atoms with E-state index in [9.17, 15) is 0 Å². The summed E-state index contributed by atoms with van der Waals surface area (Å²) in [5, 5.41) is 0. The van der Waals surface area contributed by atoms with E-state index in [4.69, 9.17) is 23.2 Å². The van der Waals surface area contributed by atoms with Crippen LogP contribution in [0.2, 0.25) is 0 Å². The van der Waals surface area contributed by atoms with Gasteiger partial charge in [-0.05, 0) is 0 Å². The molecule has 0 radical (unpaired) electrons. The summed E-state index contributed by atoms with van der Waals surface area (Å²) in [5.41, 5.74) is 0. The minimum atomic E-state index is 0.0451. The zero-order chi connectivity index (χ0) is 7.07. The molecule has 2 atom stereocenters. The first-order valence-electron chi connectivity index (χ1n) is 2.64. The first-order valence-corrected chi connectivity index (χ1v) is 5.29. The van der Waals surface area contributed by atoms with Crippen molar-refractivity contribution in [2.75, 3.05) is 11.8 Å². The van der Waals surface area contributed by atoms with Gasteiger partial charge in [-0.15, -0.1) is 23.2 Å². The van der Waals surface area contributed by atoms with E-state index in [1.54, 1.807) is 0 Å². The third kappa shape index (κ3) is 1.42. The smallest absolute Gasteiger partial charge is 0.0892 e. The molecule has 1 aliphatic carbocycles. The lowest BCUT2D eigenvalue weighted by Crippen LogP contribution is -1.88. The maximum absolute atomic E-state index is 5.64. The van der Waals surface area contributed by atoms with Crippen molar-refractivity contribution in [3.8, 4) is 0 Å². The molecule has 1 saturated carbocycles. The van der Waals surface area contributed by atoms with Crippen LogP contribution in [-0.4, -0.2) is 15.0 Å². The zero-order valence-electron chi connectivity index (χ0n) is 4.58. The van der Waals surface area contributed by atoms with Gasteiger partial charge in [-0.2, -0.15) is 0 Å². The molecule has 0 N–H and O–H groups in total. The van der Waals surface area contributed by atoms with Crippen LogP contribution in [0, 0.1) is 11.8 Å². The Morgan fingerprint density at radius 1 is 1.11 bits per heavy atom. The Kier molecular flexibility index (Phi) is 2.76. The Hall–Kier alpha value is 1.54. The molecule has 54 valence electrons. The van der Waals surface area contributed by atoms with Gasteiger partial charge >= 0.3 is 0 Å². The molecule has 0 saturated heterocycles. The maximum atomic E-state index is 5.64. The standard InChI is InChI=1S/C5H6Br2Cl2/c6-5(7)3(1-8)4(5)2-9/h3-4H,1-2H2. The molecule has 1 fully saturated rings. The lowest BCUT2D eigenvalue weighted by atomic mass is 10.4. The van der Waals surface area contributed by atoms with Gasteiger partial charge in [0.05, 0.1) is 3.23 Å². The van der Waals surface area contributed by atoms with E-state index < -0.39 is 0 Å². The van der Waals surface area contributed by atoms with Crippen molar-refractivity contribution in [2.24, 2.45) is 11.8 Å². The van der Waals surface area contributed by atoms with Crippen LogP contribution in [0.4, 0.5) is 0 Å². The number of hydrogen-bond donors (Lipinski definition) is 0. The second-order valence-electron chi connectivity index (χ2n) is 2.20. The topological polar surface area (TPSA) is 0 Å². The van der Waals surface area contributed by atoms with Gasteiger partial charge in [0.1, 0.15) is 0 Å². The van der Waals surface area contributed by atoms with Gasteiger partial charge in [-0.1, -0.05) is 31.9 Å². The molecule has 4 heteroatoms. The average Bonchev–Trinajstić information content (AvgIpc) is 2.32. The predicted molar refractivity (Wildman–Crippen MR) is 49.0 cm³/mol. The van der Waals surface area contributed by atoms with Gasteiger partial charge in [0, 0.05) is 23.6 Å². The van der Waals surface area contributed by atoms with E-state index in [2.05, 4.69) is 31.9 Å². The summed E-state index contributed by atoms with van der Waals surface area (Å²) < 4.78 is 0.0451. The molecular formula is C5H6Br2Cl2. The molecule has 1 rings (SSSR count). The van der Waals surface area contributed by atoms with Gasteiger partial charge < -0.3 is 0 Å². The number of hydrogen-bond acceptors (Lipinski definition) is 0. The number of alkyl halides is 4. The Balaban J connectivity index is 2.45. The van der Waals surface area contributed by atoms with Gasteiger partial charge in [0.2, 0.25) is 0 Å². The third-order valence-corrected chi connectivity index (χ3v) is 4.72. The SMILES string of the molecule is ClCC1C(CCl)C1(Br)Br. The van der Waals surface area contributed by atoms with Gasteiger partial charge in [0.25, 0.3) is 0 Å². The molecule has 0 aromatic heterocycles. The summed E-state index contributed by atoms with van der Waals surface area (Å²) in [5.74, 6) is 2.34. The minimum Gasteiger partial charge on any atom is -0.126 e. The van der Waals surface area contributed by atoms with Crippen LogP contribution in [0.3, 0.4) is 0 Å². The fourth-order valence-electron chi connectivity index (χ4n) is 0.881. The summed E-state index contributed by atoms with van der Waals surface area (Å²) in [6.45, 7) is 0.